The Bertz CT molecular complexity index is 349. The molecular formula is C13H21N3O2. The molecule has 0 aromatic carbocycles. The summed E-state index contributed by atoms with van der Waals surface area (Å²) >= 11 is 0. The number of likely N-dealkylation sites (N-methyl/N-ethyl adjacent to an activating group) is 1. The Morgan fingerprint density at radius 3 is 2.94 bits per heavy atom. The number of rotatable bonds is 6. The second-order valence-corrected chi connectivity index (χ2v) is 4.86. The van der Waals surface area contributed by atoms with E-state index in [-0.39, 0.29) is 18.4 Å². The van der Waals surface area contributed by atoms with Crippen LogP contribution in [0.3, 0.4) is 0 Å². The van der Waals surface area contributed by atoms with Crippen molar-refractivity contribution in [1.29, 1.82) is 5.26 Å². The maximum atomic E-state index is 11.8. The molecule has 0 aromatic heterocycles. The van der Waals surface area contributed by atoms with Gasteiger partial charge in [-0.1, -0.05) is 13.3 Å². The van der Waals surface area contributed by atoms with Gasteiger partial charge in [0.15, 0.2) is 0 Å². The summed E-state index contributed by atoms with van der Waals surface area (Å²) in [6, 6.07) is 2.01. The molecule has 5 nitrogen and oxygen atoms in total. The van der Waals surface area contributed by atoms with E-state index in [0.29, 0.717) is 31.8 Å². The Morgan fingerprint density at radius 2 is 2.33 bits per heavy atom. The molecule has 1 rings (SSSR count). The zero-order valence-corrected chi connectivity index (χ0v) is 11.2. The zero-order chi connectivity index (χ0) is 13.5. The standard InChI is InChI=1S/C13H21N3O2/c1-3-5-11-8-12(17)16(9-11)10-13(18)15(2)7-4-6-14/h11H,3-5,7-10H2,1-2H3. The predicted molar refractivity (Wildman–Crippen MR) is 67.5 cm³/mol. The van der Waals surface area contributed by atoms with Crippen molar-refractivity contribution in [2.45, 2.75) is 32.6 Å². The molecule has 18 heavy (non-hydrogen) atoms. The molecule has 0 radical (unpaired) electrons. The van der Waals surface area contributed by atoms with Crippen LogP contribution in [0, 0.1) is 17.2 Å². The Morgan fingerprint density at radius 1 is 1.61 bits per heavy atom. The lowest BCUT2D eigenvalue weighted by Gasteiger charge is -2.21. The van der Waals surface area contributed by atoms with Gasteiger partial charge in [-0.2, -0.15) is 5.26 Å². The minimum Gasteiger partial charge on any atom is -0.343 e. The van der Waals surface area contributed by atoms with Gasteiger partial charge in [0, 0.05) is 26.6 Å². The summed E-state index contributed by atoms with van der Waals surface area (Å²) in [6.07, 6.45) is 3.01. The second kappa shape index (κ2) is 7.00. The molecule has 1 fully saturated rings. The number of amides is 2. The summed E-state index contributed by atoms with van der Waals surface area (Å²) in [5.74, 6) is 0.394. The third-order valence-corrected chi connectivity index (χ3v) is 3.30. The van der Waals surface area contributed by atoms with Crippen LogP contribution in [0.15, 0.2) is 0 Å². The first kappa shape index (κ1) is 14.5. The largest absolute Gasteiger partial charge is 0.343 e. The van der Waals surface area contributed by atoms with Crippen molar-refractivity contribution >= 4 is 11.8 Å². The van der Waals surface area contributed by atoms with Gasteiger partial charge in [-0.3, -0.25) is 9.59 Å². The Hall–Kier alpha value is -1.57. The van der Waals surface area contributed by atoms with Crippen molar-refractivity contribution in [2.75, 3.05) is 26.7 Å². The normalized spacial score (nSPS) is 18.8. The summed E-state index contributed by atoms with van der Waals surface area (Å²) in [5.41, 5.74) is 0. The summed E-state index contributed by atoms with van der Waals surface area (Å²) in [6.45, 7) is 3.38. The summed E-state index contributed by atoms with van der Waals surface area (Å²) < 4.78 is 0. The smallest absolute Gasteiger partial charge is 0.241 e. The number of hydrogen-bond acceptors (Lipinski definition) is 3. The highest BCUT2D eigenvalue weighted by atomic mass is 16.2. The van der Waals surface area contributed by atoms with Crippen molar-refractivity contribution < 1.29 is 9.59 Å². The maximum Gasteiger partial charge on any atom is 0.241 e. The van der Waals surface area contributed by atoms with Crippen LogP contribution in [-0.2, 0) is 9.59 Å². The van der Waals surface area contributed by atoms with Crippen LogP contribution >= 0.6 is 0 Å². The van der Waals surface area contributed by atoms with Crippen LogP contribution in [0.2, 0.25) is 0 Å². The Kier molecular flexibility index (Phi) is 5.63. The molecule has 1 heterocycles. The molecule has 0 aliphatic carbocycles. The molecule has 0 saturated carbocycles. The molecule has 0 spiro atoms. The molecule has 0 N–H and O–H groups in total. The summed E-state index contributed by atoms with van der Waals surface area (Å²) in [5, 5.41) is 8.46. The molecule has 1 saturated heterocycles. The van der Waals surface area contributed by atoms with Gasteiger partial charge in [-0.15, -0.1) is 0 Å². The second-order valence-electron chi connectivity index (χ2n) is 4.86. The summed E-state index contributed by atoms with van der Waals surface area (Å²) in [7, 11) is 1.67. The minimum atomic E-state index is -0.0873. The van der Waals surface area contributed by atoms with Gasteiger partial charge in [-0.25, -0.2) is 0 Å². The predicted octanol–water partition coefficient (Wildman–Crippen LogP) is 1.01. The fourth-order valence-electron chi connectivity index (χ4n) is 2.23. The van der Waals surface area contributed by atoms with Gasteiger partial charge in [0.2, 0.25) is 11.8 Å². The van der Waals surface area contributed by atoms with Crippen molar-refractivity contribution in [3.05, 3.63) is 0 Å². The lowest BCUT2D eigenvalue weighted by molar-refractivity contribution is -0.137. The highest BCUT2D eigenvalue weighted by Crippen LogP contribution is 2.21. The average molecular weight is 251 g/mol. The first-order chi connectivity index (χ1) is 8.58. The molecule has 0 aromatic rings. The third-order valence-electron chi connectivity index (χ3n) is 3.30. The number of nitrogens with zero attached hydrogens (tertiary/aromatic N) is 3. The number of carbonyl (C=O) groups is 2. The first-order valence-corrected chi connectivity index (χ1v) is 6.47. The molecule has 1 aliphatic rings. The molecule has 2 amide bonds. The number of likely N-dealkylation sites (tertiary alicyclic amines) is 1. The van der Waals surface area contributed by atoms with Crippen molar-refractivity contribution in [3.63, 3.8) is 0 Å². The highest BCUT2D eigenvalue weighted by molar-refractivity contribution is 5.86. The minimum absolute atomic E-state index is 0.0792. The van der Waals surface area contributed by atoms with Gasteiger partial charge in [0.05, 0.1) is 19.0 Å². The quantitative estimate of drug-likeness (QED) is 0.707. The van der Waals surface area contributed by atoms with E-state index in [0.717, 1.165) is 12.8 Å². The first-order valence-electron chi connectivity index (χ1n) is 6.47. The number of carbonyl (C=O) groups excluding carboxylic acids is 2. The van der Waals surface area contributed by atoms with E-state index in [9.17, 15) is 9.59 Å². The maximum absolute atomic E-state index is 11.8. The number of hydrogen-bond donors (Lipinski definition) is 0. The van der Waals surface area contributed by atoms with E-state index >= 15 is 0 Å². The summed E-state index contributed by atoms with van der Waals surface area (Å²) in [4.78, 5) is 26.7. The van der Waals surface area contributed by atoms with Gasteiger partial charge >= 0.3 is 0 Å². The van der Waals surface area contributed by atoms with Crippen LogP contribution in [0.1, 0.15) is 32.6 Å². The van der Waals surface area contributed by atoms with E-state index in [1.54, 1.807) is 11.9 Å². The van der Waals surface area contributed by atoms with Gasteiger partial charge in [-0.05, 0) is 12.3 Å². The van der Waals surface area contributed by atoms with Crippen molar-refractivity contribution in [1.82, 2.24) is 9.80 Å². The molecule has 0 bridgehead atoms. The fraction of sp³-hybridized carbons (Fsp3) is 0.769. The molecule has 100 valence electrons. The van der Waals surface area contributed by atoms with Crippen molar-refractivity contribution in [2.24, 2.45) is 5.92 Å². The highest BCUT2D eigenvalue weighted by Gasteiger charge is 2.30. The lowest BCUT2D eigenvalue weighted by Crippen LogP contribution is -2.39. The van der Waals surface area contributed by atoms with Gasteiger partial charge in [0.25, 0.3) is 0 Å². The van der Waals surface area contributed by atoms with E-state index in [4.69, 9.17) is 5.26 Å². The third kappa shape index (κ3) is 4.02. The van der Waals surface area contributed by atoms with Crippen LogP contribution in [0.25, 0.3) is 0 Å². The monoisotopic (exact) mass is 251 g/mol. The van der Waals surface area contributed by atoms with E-state index < -0.39 is 0 Å². The number of nitriles is 1. The van der Waals surface area contributed by atoms with E-state index in [1.165, 1.54) is 4.90 Å². The SMILES string of the molecule is CCCC1CC(=O)N(CC(=O)N(C)CCC#N)C1. The Balaban J connectivity index is 2.40. The van der Waals surface area contributed by atoms with E-state index in [2.05, 4.69) is 6.92 Å². The zero-order valence-electron chi connectivity index (χ0n) is 11.2. The molecule has 1 aliphatic heterocycles. The van der Waals surface area contributed by atoms with Gasteiger partial charge < -0.3 is 9.80 Å². The van der Waals surface area contributed by atoms with E-state index in [1.807, 2.05) is 6.07 Å². The van der Waals surface area contributed by atoms with Crippen molar-refractivity contribution in [3.8, 4) is 6.07 Å². The Labute approximate surface area is 108 Å². The van der Waals surface area contributed by atoms with Crippen LogP contribution in [0.4, 0.5) is 0 Å². The molecule has 5 heteroatoms. The van der Waals surface area contributed by atoms with Gasteiger partial charge in [0.1, 0.15) is 0 Å². The lowest BCUT2D eigenvalue weighted by atomic mass is 10.0. The molecule has 1 unspecified atom stereocenters. The average Bonchev–Trinajstić information content (AvgIpc) is 2.67. The van der Waals surface area contributed by atoms with Crippen LogP contribution in [0.5, 0.6) is 0 Å². The fourth-order valence-corrected chi connectivity index (χ4v) is 2.23. The molecule has 1 atom stereocenters. The molecular weight excluding hydrogens is 230 g/mol. The van der Waals surface area contributed by atoms with Crippen LogP contribution < -0.4 is 0 Å². The topological polar surface area (TPSA) is 64.4 Å². The van der Waals surface area contributed by atoms with Crippen LogP contribution in [-0.4, -0.2) is 48.3 Å².